The molecule has 0 spiro atoms. The molecular formula is C12H15N3O. The van der Waals surface area contributed by atoms with Gasteiger partial charge in [0.1, 0.15) is 11.6 Å². The molecule has 1 aliphatic carbocycles. The largest absolute Gasteiger partial charge is 0.356 e. The van der Waals surface area contributed by atoms with E-state index in [1.54, 1.807) is 6.20 Å². The van der Waals surface area contributed by atoms with Crippen molar-refractivity contribution in [2.24, 2.45) is 0 Å². The van der Waals surface area contributed by atoms with Crippen LogP contribution in [0.2, 0.25) is 0 Å². The van der Waals surface area contributed by atoms with Crippen molar-refractivity contribution in [2.75, 3.05) is 18.0 Å². The molecule has 2 fully saturated rings. The lowest BCUT2D eigenvalue weighted by molar-refractivity contribution is 0.112. The summed E-state index contributed by atoms with van der Waals surface area (Å²) in [6.45, 7) is 2.03. The van der Waals surface area contributed by atoms with E-state index in [0.29, 0.717) is 11.5 Å². The Morgan fingerprint density at radius 3 is 2.69 bits per heavy atom. The van der Waals surface area contributed by atoms with Gasteiger partial charge in [0.05, 0.1) is 5.56 Å². The van der Waals surface area contributed by atoms with Gasteiger partial charge in [0.2, 0.25) is 0 Å². The van der Waals surface area contributed by atoms with E-state index in [1.807, 2.05) is 0 Å². The van der Waals surface area contributed by atoms with Gasteiger partial charge in [0.25, 0.3) is 0 Å². The minimum atomic E-state index is 0.544. The van der Waals surface area contributed by atoms with Gasteiger partial charge in [0, 0.05) is 25.2 Å². The number of rotatable bonds is 3. The number of aromatic nitrogens is 2. The number of nitrogens with zero attached hydrogens (tertiary/aromatic N) is 3. The Kier molecular flexibility index (Phi) is 2.35. The molecule has 3 rings (SSSR count). The average molecular weight is 217 g/mol. The van der Waals surface area contributed by atoms with Gasteiger partial charge in [0.15, 0.2) is 6.29 Å². The monoisotopic (exact) mass is 217 g/mol. The minimum absolute atomic E-state index is 0.544. The Hall–Kier alpha value is -1.45. The number of anilines is 1. The summed E-state index contributed by atoms with van der Waals surface area (Å²) >= 11 is 0. The highest BCUT2D eigenvalue weighted by molar-refractivity contribution is 5.82. The van der Waals surface area contributed by atoms with Crippen LogP contribution in [0, 0.1) is 0 Å². The quantitative estimate of drug-likeness (QED) is 0.724. The normalized spacial score (nSPS) is 20.1. The molecule has 4 heteroatoms. The standard InChI is InChI=1S/C12H15N3O/c16-8-10-7-13-11(9-3-4-9)14-12(10)15-5-1-2-6-15/h7-9H,1-6H2. The molecule has 1 saturated carbocycles. The van der Waals surface area contributed by atoms with Gasteiger partial charge in [-0.1, -0.05) is 0 Å². The first-order valence-electron chi connectivity index (χ1n) is 5.95. The highest BCUT2D eigenvalue weighted by atomic mass is 16.1. The number of carbonyl (C=O) groups is 1. The summed E-state index contributed by atoms with van der Waals surface area (Å²) in [4.78, 5) is 22.0. The number of carbonyl (C=O) groups excluding carboxylic acids is 1. The van der Waals surface area contributed by atoms with E-state index in [9.17, 15) is 4.79 Å². The van der Waals surface area contributed by atoms with Crippen molar-refractivity contribution in [3.63, 3.8) is 0 Å². The summed E-state index contributed by atoms with van der Waals surface area (Å²) in [7, 11) is 0. The van der Waals surface area contributed by atoms with Crippen LogP contribution in [0.15, 0.2) is 6.20 Å². The van der Waals surface area contributed by atoms with Crippen molar-refractivity contribution in [3.05, 3.63) is 17.6 Å². The van der Waals surface area contributed by atoms with Gasteiger partial charge in [-0.3, -0.25) is 4.79 Å². The Morgan fingerprint density at radius 2 is 2.06 bits per heavy atom. The van der Waals surface area contributed by atoms with E-state index in [-0.39, 0.29) is 0 Å². The average Bonchev–Trinajstić information content (AvgIpc) is 3.04. The first-order valence-corrected chi connectivity index (χ1v) is 5.95. The van der Waals surface area contributed by atoms with Crippen LogP contribution < -0.4 is 4.90 Å². The third-order valence-corrected chi connectivity index (χ3v) is 3.29. The lowest BCUT2D eigenvalue weighted by atomic mass is 10.3. The predicted molar refractivity (Wildman–Crippen MR) is 60.8 cm³/mol. The van der Waals surface area contributed by atoms with Crippen molar-refractivity contribution in [1.82, 2.24) is 9.97 Å². The van der Waals surface area contributed by atoms with Crippen molar-refractivity contribution >= 4 is 12.1 Å². The van der Waals surface area contributed by atoms with Gasteiger partial charge in [-0.15, -0.1) is 0 Å². The van der Waals surface area contributed by atoms with Crippen LogP contribution in [0.25, 0.3) is 0 Å². The van der Waals surface area contributed by atoms with Gasteiger partial charge in [-0.2, -0.15) is 0 Å². The summed E-state index contributed by atoms with van der Waals surface area (Å²) < 4.78 is 0. The smallest absolute Gasteiger partial charge is 0.155 e. The molecule has 1 aromatic heterocycles. The maximum absolute atomic E-state index is 11.0. The van der Waals surface area contributed by atoms with Gasteiger partial charge in [-0.05, 0) is 25.7 Å². The molecular weight excluding hydrogens is 202 g/mol. The molecule has 1 aromatic rings. The molecule has 1 saturated heterocycles. The molecule has 0 N–H and O–H groups in total. The highest BCUT2D eigenvalue weighted by Gasteiger charge is 2.28. The SMILES string of the molecule is O=Cc1cnc(C2CC2)nc1N1CCCC1. The van der Waals surface area contributed by atoms with Gasteiger partial charge >= 0.3 is 0 Å². The minimum Gasteiger partial charge on any atom is -0.356 e. The lowest BCUT2D eigenvalue weighted by Crippen LogP contribution is -2.21. The Labute approximate surface area is 94.7 Å². The van der Waals surface area contributed by atoms with E-state index in [0.717, 1.165) is 31.0 Å². The maximum Gasteiger partial charge on any atom is 0.155 e. The zero-order valence-electron chi connectivity index (χ0n) is 9.22. The Balaban J connectivity index is 1.97. The summed E-state index contributed by atoms with van der Waals surface area (Å²) in [5.41, 5.74) is 0.631. The predicted octanol–water partition coefficient (Wildman–Crippen LogP) is 1.77. The van der Waals surface area contributed by atoms with Crippen molar-refractivity contribution in [3.8, 4) is 0 Å². The summed E-state index contributed by atoms with van der Waals surface area (Å²) in [6.07, 6.45) is 7.33. The molecule has 0 bridgehead atoms. The van der Waals surface area contributed by atoms with E-state index < -0.39 is 0 Å². The molecule has 0 atom stereocenters. The molecule has 0 radical (unpaired) electrons. The third-order valence-electron chi connectivity index (χ3n) is 3.29. The van der Waals surface area contributed by atoms with E-state index in [2.05, 4.69) is 14.9 Å². The fraction of sp³-hybridized carbons (Fsp3) is 0.583. The van der Waals surface area contributed by atoms with Crippen molar-refractivity contribution < 1.29 is 4.79 Å². The van der Waals surface area contributed by atoms with Crippen molar-refractivity contribution in [2.45, 2.75) is 31.6 Å². The summed E-state index contributed by atoms with van der Waals surface area (Å²) in [5.74, 6) is 2.32. The molecule has 4 nitrogen and oxygen atoms in total. The van der Waals surface area contributed by atoms with E-state index in [1.165, 1.54) is 25.7 Å². The number of hydrogen-bond acceptors (Lipinski definition) is 4. The second-order valence-electron chi connectivity index (χ2n) is 4.59. The van der Waals surface area contributed by atoms with Crippen LogP contribution >= 0.6 is 0 Å². The second kappa shape index (κ2) is 3.85. The third kappa shape index (κ3) is 1.68. The van der Waals surface area contributed by atoms with Crippen LogP contribution in [-0.4, -0.2) is 29.3 Å². The molecule has 0 aromatic carbocycles. The first kappa shape index (κ1) is 9.75. The summed E-state index contributed by atoms with van der Waals surface area (Å²) in [6, 6.07) is 0. The Morgan fingerprint density at radius 1 is 1.31 bits per heavy atom. The zero-order valence-corrected chi connectivity index (χ0v) is 9.22. The molecule has 84 valence electrons. The molecule has 1 aliphatic heterocycles. The van der Waals surface area contributed by atoms with Crippen LogP contribution in [0.1, 0.15) is 47.8 Å². The fourth-order valence-corrected chi connectivity index (χ4v) is 2.20. The number of hydrogen-bond donors (Lipinski definition) is 0. The van der Waals surface area contributed by atoms with Gasteiger partial charge < -0.3 is 4.90 Å². The molecule has 16 heavy (non-hydrogen) atoms. The zero-order chi connectivity index (χ0) is 11.0. The maximum atomic E-state index is 11.0. The van der Waals surface area contributed by atoms with E-state index >= 15 is 0 Å². The Bertz CT molecular complexity index is 409. The van der Waals surface area contributed by atoms with Crippen LogP contribution in [0.3, 0.4) is 0 Å². The second-order valence-corrected chi connectivity index (χ2v) is 4.59. The van der Waals surface area contributed by atoms with Crippen molar-refractivity contribution in [1.29, 1.82) is 0 Å². The molecule has 2 heterocycles. The lowest BCUT2D eigenvalue weighted by Gasteiger charge is -2.18. The molecule has 2 aliphatic rings. The van der Waals surface area contributed by atoms with E-state index in [4.69, 9.17) is 0 Å². The fourth-order valence-electron chi connectivity index (χ4n) is 2.20. The van der Waals surface area contributed by atoms with Crippen LogP contribution in [-0.2, 0) is 0 Å². The van der Waals surface area contributed by atoms with Crippen LogP contribution in [0.4, 0.5) is 5.82 Å². The summed E-state index contributed by atoms with van der Waals surface area (Å²) in [5, 5.41) is 0. The van der Waals surface area contributed by atoms with Gasteiger partial charge in [-0.25, -0.2) is 9.97 Å². The first-order chi connectivity index (χ1) is 7.88. The molecule has 0 unspecified atom stereocenters. The number of aldehydes is 1. The topological polar surface area (TPSA) is 46.1 Å². The molecule has 0 amide bonds. The highest BCUT2D eigenvalue weighted by Crippen LogP contribution is 2.38. The van der Waals surface area contributed by atoms with Crippen LogP contribution in [0.5, 0.6) is 0 Å².